The molecule has 4 rings (SSSR count). The second-order valence-corrected chi connectivity index (χ2v) is 9.10. The van der Waals surface area contributed by atoms with Crippen LogP contribution >= 0.6 is 12.4 Å². The van der Waals surface area contributed by atoms with Gasteiger partial charge in [0.25, 0.3) is 5.91 Å². The predicted octanol–water partition coefficient (Wildman–Crippen LogP) is 3.88. The number of ether oxygens (including phenoxy) is 3. The van der Waals surface area contributed by atoms with Crippen LogP contribution in [-0.4, -0.2) is 59.4 Å². The van der Waals surface area contributed by atoms with E-state index in [1.165, 1.54) is 24.3 Å². The zero-order valence-corrected chi connectivity index (χ0v) is 22.9. The highest BCUT2D eigenvalue weighted by atomic mass is 35.5. The van der Waals surface area contributed by atoms with Gasteiger partial charge in [-0.05, 0) is 55.8 Å². The summed E-state index contributed by atoms with van der Waals surface area (Å²) >= 11 is 0. The first-order chi connectivity index (χ1) is 19.0. The van der Waals surface area contributed by atoms with Gasteiger partial charge in [-0.25, -0.2) is 13.2 Å². The Morgan fingerprint density at radius 2 is 1.85 bits per heavy atom. The molecule has 1 amide bonds. The zero-order valence-electron chi connectivity index (χ0n) is 22.1. The fourth-order valence-electron chi connectivity index (χ4n) is 4.21. The number of esters is 2. The smallest absolute Gasteiger partial charge is 0.323 e. The van der Waals surface area contributed by atoms with Crippen molar-refractivity contribution in [1.82, 2.24) is 9.78 Å². The lowest BCUT2D eigenvalue weighted by atomic mass is 9.98. The number of halogens is 4. The SMILES string of the molecule is CCOC(=O)C[C@H](N)C(=O)OCC(F)(F)Cn1nc(C)c(-c2ccc3c(c2)NC(=O)CO3)c1-c1ccc(F)cc1.Cl. The number of aryl methyl sites for hydroxylation is 1. The van der Waals surface area contributed by atoms with E-state index in [1.807, 2.05) is 0 Å². The Balaban J connectivity index is 0.00000462. The van der Waals surface area contributed by atoms with Crippen molar-refractivity contribution in [2.75, 3.05) is 25.1 Å². The fourth-order valence-corrected chi connectivity index (χ4v) is 4.21. The Bertz CT molecular complexity index is 1430. The second kappa shape index (κ2) is 13.0. The molecular formula is C27H28ClF3N4O6. The van der Waals surface area contributed by atoms with Gasteiger partial charge in [-0.15, -0.1) is 12.4 Å². The van der Waals surface area contributed by atoms with Crippen LogP contribution in [0.3, 0.4) is 0 Å². The molecule has 0 saturated carbocycles. The summed E-state index contributed by atoms with van der Waals surface area (Å²) in [6.45, 7) is 0.835. The van der Waals surface area contributed by atoms with E-state index in [2.05, 4.69) is 10.4 Å². The van der Waals surface area contributed by atoms with Crippen LogP contribution in [0.4, 0.5) is 18.9 Å². The number of carbonyl (C=O) groups is 3. The number of nitrogens with zero attached hydrogens (tertiary/aromatic N) is 2. The summed E-state index contributed by atoms with van der Waals surface area (Å²) in [5.74, 6) is -5.93. The molecule has 14 heteroatoms. The molecule has 0 bridgehead atoms. The normalized spacial score (nSPS) is 13.3. The second-order valence-electron chi connectivity index (χ2n) is 9.10. The molecule has 0 saturated heterocycles. The number of nitrogens with two attached hydrogens (primary N) is 1. The first-order valence-corrected chi connectivity index (χ1v) is 12.3. The molecule has 41 heavy (non-hydrogen) atoms. The van der Waals surface area contributed by atoms with E-state index in [0.717, 1.165) is 4.68 Å². The van der Waals surface area contributed by atoms with E-state index in [1.54, 1.807) is 32.0 Å². The number of alkyl halides is 2. The Hall–Kier alpha value is -4.10. The van der Waals surface area contributed by atoms with Gasteiger partial charge < -0.3 is 25.3 Å². The third-order valence-electron chi connectivity index (χ3n) is 5.95. The van der Waals surface area contributed by atoms with Crippen LogP contribution in [-0.2, 0) is 30.4 Å². The molecule has 2 heterocycles. The molecule has 220 valence electrons. The number of aromatic nitrogens is 2. The van der Waals surface area contributed by atoms with Gasteiger partial charge in [0.05, 0.1) is 30.1 Å². The Morgan fingerprint density at radius 3 is 2.54 bits per heavy atom. The summed E-state index contributed by atoms with van der Waals surface area (Å²) in [6, 6.07) is 8.76. The first kappa shape index (κ1) is 31.4. The minimum atomic E-state index is -3.60. The van der Waals surface area contributed by atoms with Crippen molar-refractivity contribution < 1.29 is 41.8 Å². The third kappa shape index (κ3) is 7.55. The largest absolute Gasteiger partial charge is 0.482 e. The van der Waals surface area contributed by atoms with Gasteiger partial charge in [0.15, 0.2) is 13.2 Å². The van der Waals surface area contributed by atoms with Gasteiger partial charge in [0, 0.05) is 11.1 Å². The van der Waals surface area contributed by atoms with Crippen LogP contribution < -0.4 is 15.8 Å². The molecule has 0 fully saturated rings. The first-order valence-electron chi connectivity index (χ1n) is 12.3. The van der Waals surface area contributed by atoms with Crippen molar-refractivity contribution in [1.29, 1.82) is 0 Å². The molecule has 0 unspecified atom stereocenters. The molecule has 1 aliphatic heterocycles. The Labute approximate surface area is 239 Å². The van der Waals surface area contributed by atoms with E-state index in [-0.39, 0.29) is 37.2 Å². The number of carbonyl (C=O) groups excluding carboxylic acids is 3. The summed E-state index contributed by atoms with van der Waals surface area (Å²) in [4.78, 5) is 35.4. The number of benzene rings is 2. The van der Waals surface area contributed by atoms with Gasteiger partial charge >= 0.3 is 17.9 Å². The summed E-state index contributed by atoms with van der Waals surface area (Å²) in [5, 5.41) is 7.03. The standard InChI is InChI=1S/C27H27F3N4O6.ClH/c1-3-38-23(36)11-19(31)26(37)40-14-27(29,30)13-34-25(16-4-7-18(28)8-5-16)24(15(2)33-34)17-6-9-21-20(10-17)32-22(35)12-39-21;/h4-10,19H,3,11-14,31H2,1-2H3,(H,32,35);1H/t19-;/m0./s1. The molecule has 0 radical (unpaired) electrons. The van der Waals surface area contributed by atoms with Crippen LogP contribution in [0.5, 0.6) is 5.75 Å². The van der Waals surface area contributed by atoms with Crippen LogP contribution in [0.1, 0.15) is 19.0 Å². The van der Waals surface area contributed by atoms with E-state index in [4.69, 9.17) is 19.9 Å². The van der Waals surface area contributed by atoms with Crippen molar-refractivity contribution in [3.05, 3.63) is 54.0 Å². The lowest BCUT2D eigenvalue weighted by Crippen LogP contribution is -2.39. The van der Waals surface area contributed by atoms with Crippen LogP contribution in [0.25, 0.3) is 22.4 Å². The molecule has 2 aromatic carbocycles. The lowest BCUT2D eigenvalue weighted by molar-refractivity contribution is -0.161. The molecule has 1 atom stereocenters. The van der Waals surface area contributed by atoms with Crippen molar-refractivity contribution >= 4 is 35.9 Å². The van der Waals surface area contributed by atoms with Gasteiger partial charge in [-0.3, -0.25) is 19.1 Å². The number of rotatable bonds is 10. The average Bonchev–Trinajstić information content (AvgIpc) is 3.21. The molecule has 1 aliphatic rings. The van der Waals surface area contributed by atoms with E-state index >= 15 is 8.78 Å². The maximum Gasteiger partial charge on any atom is 0.323 e. The monoisotopic (exact) mass is 596 g/mol. The maximum atomic E-state index is 15.1. The Morgan fingerprint density at radius 1 is 1.17 bits per heavy atom. The summed E-state index contributed by atoms with van der Waals surface area (Å²) in [7, 11) is 0. The van der Waals surface area contributed by atoms with Crippen molar-refractivity contribution in [2.24, 2.45) is 5.73 Å². The van der Waals surface area contributed by atoms with Gasteiger partial charge in [0.2, 0.25) is 0 Å². The number of fused-ring (bicyclic) bond motifs is 1. The molecule has 10 nitrogen and oxygen atoms in total. The van der Waals surface area contributed by atoms with E-state index < -0.39 is 49.3 Å². The lowest BCUT2D eigenvalue weighted by Gasteiger charge is -2.20. The predicted molar refractivity (Wildman–Crippen MR) is 144 cm³/mol. The number of hydrogen-bond acceptors (Lipinski definition) is 8. The highest BCUT2D eigenvalue weighted by Crippen LogP contribution is 2.40. The summed E-state index contributed by atoms with van der Waals surface area (Å²) < 4.78 is 59.8. The number of nitrogens with one attached hydrogen (secondary N) is 1. The van der Waals surface area contributed by atoms with Gasteiger partial charge in [-0.2, -0.15) is 5.10 Å². The molecular weight excluding hydrogens is 569 g/mol. The minimum Gasteiger partial charge on any atom is -0.482 e. The highest BCUT2D eigenvalue weighted by Gasteiger charge is 2.35. The maximum absolute atomic E-state index is 15.1. The topological polar surface area (TPSA) is 135 Å². The quantitative estimate of drug-likeness (QED) is 0.337. The molecule has 3 aromatic rings. The van der Waals surface area contributed by atoms with Crippen LogP contribution in [0.15, 0.2) is 42.5 Å². The zero-order chi connectivity index (χ0) is 29.0. The van der Waals surface area contributed by atoms with Crippen molar-refractivity contribution in [3.63, 3.8) is 0 Å². The third-order valence-corrected chi connectivity index (χ3v) is 5.95. The Kier molecular flexibility index (Phi) is 10.00. The van der Waals surface area contributed by atoms with Crippen LogP contribution in [0.2, 0.25) is 0 Å². The molecule has 0 aliphatic carbocycles. The molecule has 0 spiro atoms. The number of hydrogen-bond donors (Lipinski definition) is 2. The molecule has 3 N–H and O–H groups in total. The minimum absolute atomic E-state index is 0. The van der Waals surface area contributed by atoms with E-state index in [9.17, 15) is 18.8 Å². The number of anilines is 1. The summed E-state index contributed by atoms with van der Waals surface area (Å²) in [6.07, 6.45) is -0.513. The number of amides is 1. The van der Waals surface area contributed by atoms with Crippen molar-refractivity contribution in [3.8, 4) is 28.1 Å². The fraction of sp³-hybridized carbons (Fsp3) is 0.333. The highest BCUT2D eigenvalue weighted by molar-refractivity contribution is 5.97. The van der Waals surface area contributed by atoms with Gasteiger partial charge in [-0.1, -0.05) is 6.07 Å². The van der Waals surface area contributed by atoms with Gasteiger partial charge in [0.1, 0.15) is 24.2 Å². The van der Waals surface area contributed by atoms with E-state index in [0.29, 0.717) is 33.8 Å². The summed E-state index contributed by atoms with van der Waals surface area (Å²) in [5.41, 5.74) is 8.05. The van der Waals surface area contributed by atoms with Crippen molar-refractivity contribution in [2.45, 2.75) is 38.8 Å². The molecule has 1 aromatic heterocycles. The average molecular weight is 597 g/mol. The van der Waals surface area contributed by atoms with Crippen LogP contribution in [0, 0.1) is 12.7 Å².